The minimum absolute atomic E-state index is 0.183. The molecule has 164 valence electrons. The van der Waals surface area contributed by atoms with Gasteiger partial charge < -0.3 is 19.5 Å². The number of methoxy groups -OCH3 is 1. The lowest BCUT2D eigenvalue weighted by atomic mass is 10.0. The van der Waals surface area contributed by atoms with Gasteiger partial charge >= 0.3 is 0 Å². The van der Waals surface area contributed by atoms with Crippen LogP contribution in [-0.4, -0.2) is 54.3 Å². The van der Waals surface area contributed by atoms with E-state index in [2.05, 4.69) is 20.2 Å². The third kappa shape index (κ3) is 5.64. The summed E-state index contributed by atoms with van der Waals surface area (Å²) >= 11 is 5.91. The Hall–Kier alpha value is -2.32. The molecular formula is C21H28ClFN4O3. The highest BCUT2D eigenvalue weighted by atomic mass is 35.5. The minimum atomic E-state index is -0.442. The van der Waals surface area contributed by atoms with Crippen molar-refractivity contribution in [3.8, 4) is 17.2 Å². The highest BCUT2D eigenvalue weighted by molar-refractivity contribution is 6.28. The lowest BCUT2D eigenvalue weighted by Crippen LogP contribution is -2.38. The lowest BCUT2D eigenvalue weighted by molar-refractivity contribution is 0.210. The molecule has 7 nitrogen and oxygen atoms in total. The Morgan fingerprint density at radius 1 is 1.13 bits per heavy atom. The van der Waals surface area contributed by atoms with E-state index in [1.54, 1.807) is 25.4 Å². The van der Waals surface area contributed by atoms with Crippen LogP contribution >= 0.6 is 11.6 Å². The maximum atomic E-state index is 14.5. The van der Waals surface area contributed by atoms with Crippen molar-refractivity contribution in [1.29, 1.82) is 0 Å². The zero-order valence-corrected chi connectivity index (χ0v) is 18.3. The number of hydrogen-bond donors (Lipinski definition) is 1. The fraction of sp³-hybridized carbons (Fsp3) is 0.524. The zero-order chi connectivity index (χ0) is 21.5. The number of nitrogens with one attached hydrogen (secondary N) is 1. The largest absolute Gasteiger partial charge is 0.491 e. The number of nitrogens with zero attached hydrogens (tertiary/aromatic N) is 3. The smallest absolute Gasteiger partial charge is 0.224 e. The van der Waals surface area contributed by atoms with E-state index in [4.69, 9.17) is 25.8 Å². The van der Waals surface area contributed by atoms with Gasteiger partial charge in [0.15, 0.2) is 23.1 Å². The minimum Gasteiger partial charge on any atom is -0.491 e. The summed E-state index contributed by atoms with van der Waals surface area (Å²) in [4.78, 5) is 10.5. The number of aromatic nitrogens is 2. The fourth-order valence-electron chi connectivity index (χ4n) is 3.53. The number of ether oxygens (including phenoxy) is 3. The zero-order valence-electron chi connectivity index (χ0n) is 17.6. The fourth-order valence-corrected chi connectivity index (χ4v) is 3.66. The molecule has 1 saturated heterocycles. The number of anilines is 1. The number of benzene rings is 1. The molecule has 1 aliphatic rings. The van der Waals surface area contributed by atoms with E-state index in [1.165, 1.54) is 0 Å². The average molecular weight is 439 g/mol. The van der Waals surface area contributed by atoms with Crippen molar-refractivity contribution >= 4 is 17.4 Å². The van der Waals surface area contributed by atoms with E-state index in [0.29, 0.717) is 31.3 Å². The predicted octanol–water partition coefficient (Wildman–Crippen LogP) is 4.15. The van der Waals surface area contributed by atoms with Crippen LogP contribution in [0.15, 0.2) is 18.3 Å². The first kappa shape index (κ1) is 22.4. The van der Waals surface area contributed by atoms with Gasteiger partial charge in [-0.3, -0.25) is 4.90 Å². The van der Waals surface area contributed by atoms with Crippen LogP contribution in [0.1, 0.15) is 32.3 Å². The van der Waals surface area contributed by atoms with Crippen molar-refractivity contribution in [2.45, 2.75) is 39.3 Å². The molecule has 1 fully saturated rings. The van der Waals surface area contributed by atoms with Crippen LogP contribution in [0.2, 0.25) is 5.28 Å². The normalized spacial score (nSPS) is 15.1. The van der Waals surface area contributed by atoms with Crippen LogP contribution in [0.25, 0.3) is 0 Å². The van der Waals surface area contributed by atoms with Crippen LogP contribution < -0.4 is 19.5 Å². The molecule has 0 bridgehead atoms. The molecule has 30 heavy (non-hydrogen) atoms. The molecule has 0 spiro atoms. The van der Waals surface area contributed by atoms with E-state index in [9.17, 15) is 4.39 Å². The molecule has 2 aromatic rings. The quantitative estimate of drug-likeness (QED) is 0.590. The van der Waals surface area contributed by atoms with Crippen molar-refractivity contribution < 1.29 is 18.6 Å². The molecule has 0 atom stereocenters. The Morgan fingerprint density at radius 3 is 2.33 bits per heavy atom. The molecule has 9 heteroatoms. The molecular weight excluding hydrogens is 411 g/mol. The van der Waals surface area contributed by atoms with E-state index >= 15 is 0 Å². The van der Waals surface area contributed by atoms with Gasteiger partial charge in [-0.1, -0.05) is 0 Å². The van der Waals surface area contributed by atoms with Gasteiger partial charge in [0.05, 0.1) is 26.5 Å². The molecule has 0 amide bonds. The van der Waals surface area contributed by atoms with Crippen LogP contribution in [0.5, 0.6) is 17.2 Å². The number of piperidine rings is 1. The van der Waals surface area contributed by atoms with Gasteiger partial charge in [0.2, 0.25) is 11.1 Å². The highest BCUT2D eigenvalue weighted by Gasteiger charge is 2.22. The summed E-state index contributed by atoms with van der Waals surface area (Å²) in [5.74, 6) is 1.21. The highest BCUT2D eigenvalue weighted by Crippen LogP contribution is 2.30. The van der Waals surface area contributed by atoms with Gasteiger partial charge in [-0.15, -0.1) is 0 Å². The molecule has 3 rings (SSSR count). The van der Waals surface area contributed by atoms with Crippen molar-refractivity contribution in [2.75, 3.05) is 38.7 Å². The second-order valence-corrected chi connectivity index (χ2v) is 7.36. The maximum Gasteiger partial charge on any atom is 0.224 e. The van der Waals surface area contributed by atoms with Crippen LogP contribution in [0.3, 0.4) is 0 Å². The molecule has 0 radical (unpaired) electrons. The Kier molecular flexibility index (Phi) is 7.93. The van der Waals surface area contributed by atoms with Crippen molar-refractivity contribution in [3.63, 3.8) is 0 Å². The molecule has 0 unspecified atom stereocenters. The van der Waals surface area contributed by atoms with Gasteiger partial charge in [0.1, 0.15) is 0 Å². The van der Waals surface area contributed by atoms with Crippen LogP contribution in [0, 0.1) is 5.82 Å². The monoisotopic (exact) mass is 438 g/mol. The second kappa shape index (κ2) is 10.6. The third-order valence-electron chi connectivity index (χ3n) is 4.95. The molecule has 0 saturated carbocycles. The van der Waals surface area contributed by atoms with Gasteiger partial charge in [-0.2, -0.15) is 9.37 Å². The summed E-state index contributed by atoms with van der Waals surface area (Å²) < 4.78 is 30.7. The standard InChI is InChI=1S/C21H28ClFN4O3/c1-4-29-16-10-14(11-17(19(16)23)30-5-2)13-27-8-6-15(7-9-27)25-20-18(28-3)12-24-21(22)26-20/h10-12,15H,4-9,13H2,1-3H3,(H,24,25,26). The number of halogens is 2. The van der Waals surface area contributed by atoms with Crippen molar-refractivity contribution in [1.82, 2.24) is 14.9 Å². The van der Waals surface area contributed by atoms with Gasteiger partial charge in [-0.25, -0.2) is 4.98 Å². The summed E-state index contributed by atoms with van der Waals surface area (Å²) in [5.41, 5.74) is 0.971. The number of rotatable bonds is 9. The van der Waals surface area contributed by atoms with Crippen molar-refractivity contribution in [2.24, 2.45) is 0 Å². The summed E-state index contributed by atoms with van der Waals surface area (Å²) in [6.45, 7) is 6.97. The van der Waals surface area contributed by atoms with E-state index in [0.717, 1.165) is 31.5 Å². The van der Waals surface area contributed by atoms with Crippen LogP contribution in [0.4, 0.5) is 10.2 Å². The molecule has 1 aromatic heterocycles. The van der Waals surface area contributed by atoms with E-state index in [1.807, 2.05) is 13.8 Å². The average Bonchev–Trinajstić information content (AvgIpc) is 2.73. The number of hydrogen-bond acceptors (Lipinski definition) is 7. The topological polar surface area (TPSA) is 68.7 Å². The molecule has 1 aromatic carbocycles. The number of likely N-dealkylation sites (tertiary alicyclic amines) is 1. The summed E-state index contributed by atoms with van der Waals surface area (Å²) in [6.07, 6.45) is 3.43. The second-order valence-electron chi connectivity index (χ2n) is 7.02. The Labute approximate surface area is 181 Å². The van der Waals surface area contributed by atoms with E-state index < -0.39 is 5.82 Å². The SMILES string of the molecule is CCOc1cc(CN2CCC(Nc3nc(Cl)ncc3OC)CC2)cc(OCC)c1F. The Bertz CT molecular complexity index is 820. The maximum absolute atomic E-state index is 14.5. The van der Waals surface area contributed by atoms with Gasteiger partial charge in [0.25, 0.3) is 0 Å². The molecule has 2 heterocycles. The summed E-state index contributed by atoms with van der Waals surface area (Å²) in [7, 11) is 1.58. The molecule has 0 aliphatic carbocycles. The third-order valence-corrected chi connectivity index (χ3v) is 5.13. The van der Waals surface area contributed by atoms with E-state index in [-0.39, 0.29) is 22.8 Å². The molecule has 1 N–H and O–H groups in total. The van der Waals surface area contributed by atoms with Crippen LogP contribution in [-0.2, 0) is 6.54 Å². The molecule has 1 aliphatic heterocycles. The Balaban J connectivity index is 1.61. The van der Waals surface area contributed by atoms with Crippen molar-refractivity contribution in [3.05, 3.63) is 35.0 Å². The summed E-state index contributed by atoms with van der Waals surface area (Å²) in [6, 6.07) is 3.78. The van der Waals surface area contributed by atoms with Gasteiger partial charge in [-0.05, 0) is 56.0 Å². The Morgan fingerprint density at radius 2 is 1.77 bits per heavy atom. The first-order valence-corrected chi connectivity index (χ1v) is 10.5. The summed E-state index contributed by atoms with van der Waals surface area (Å²) in [5, 5.41) is 3.59. The van der Waals surface area contributed by atoms with Gasteiger partial charge in [0, 0.05) is 25.7 Å². The first-order chi connectivity index (χ1) is 14.5. The first-order valence-electron chi connectivity index (χ1n) is 10.2. The predicted molar refractivity (Wildman–Crippen MR) is 114 cm³/mol. The lowest BCUT2D eigenvalue weighted by Gasteiger charge is -2.33.